The lowest BCUT2D eigenvalue weighted by Gasteiger charge is -1.90. The van der Waals surface area contributed by atoms with Gasteiger partial charge in [0.15, 0.2) is 0 Å². The highest BCUT2D eigenvalue weighted by atomic mass is 16.5. The molecule has 0 saturated carbocycles. The molecule has 0 aromatic carbocycles. The van der Waals surface area contributed by atoms with Gasteiger partial charge in [-0.2, -0.15) is 0 Å². The van der Waals surface area contributed by atoms with Gasteiger partial charge in [-0.3, -0.25) is 0 Å². The molecule has 1 atom stereocenters. The van der Waals surface area contributed by atoms with Crippen molar-refractivity contribution in [2.24, 2.45) is 0 Å². The Morgan fingerprint density at radius 2 is 1.11 bits per heavy atom. The molecular weight excluding hydrogens is 236 g/mol. The molecule has 0 aliphatic carbocycles. The third-order valence-corrected chi connectivity index (χ3v) is 0.772. The molecule has 0 fully saturated rings. The Kier molecular flexibility index (Phi) is 93.5. The fourth-order valence-electron chi connectivity index (χ4n) is 0.204. The lowest BCUT2D eigenvalue weighted by Crippen LogP contribution is -2.03. The lowest BCUT2D eigenvalue weighted by atomic mass is 10.5. The van der Waals surface area contributed by atoms with Crippen molar-refractivity contribution in [2.45, 2.75) is 26.9 Å². The van der Waals surface area contributed by atoms with Crippen molar-refractivity contribution >= 4 is 0 Å². The SMILES string of the molecule is C=C.C=C.CC(O)CO.CCOCC.OCCO. The Labute approximate surface area is 112 Å². The van der Waals surface area contributed by atoms with Crippen LogP contribution >= 0.6 is 0 Å². The van der Waals surface area contributed by atoms with Gasteiger partial charge in [0.05, 0.1) is 25.9 Å². The predicted molar refractivity (Wildman–Crippen MR) is 77.6 cm³/mol. The zero-order chi connectivity index (χ0) is 15.8. The van der Waals surface area contributed by atoms with Gasteiger partial charge in [0.25, 0.3) is 0 Å². The number of aliphatic hydroxyl groups excluding tert-OH is 4. The second-order valence-corrected chi connectivity index (χ2v) is 2.26. The molecule has 5 heteroatoms. The van der Waals surface area contributed by atoms with Crippen molar-refractivity contribution in [2.75, 3.05) is 33.0 Å². The second-order valence-electron chi connectivity index (χ2n) is 2.26. The molecule has 0 rings (SSSR count). The molecule has 0 aromatic heterocycles. The molecule has 0 saturated heterocycles. The van der Waals surface area contributed by atoms with Crippen LogP contribution in [0.3, 0.4) is 0 Å². The van der Waals surface area contributed by atoms with Crippen molar-refractivity contribution in [3.05, 3.63) is 26.3 Å². The molecular formula is C13H32O5. The molecule has 0 bridgehead atoms. The average Bonchev–Trinajstić information content (AvgIpc) is 2.45. The van der Waals surface area contributed by atoms with Crippen molar-refractivity contribution in [3.63, 3.8) is 0 Å². The molecule has 4 N–H and O–H groups in total. The zero-order valence-electron chi connectivity index (χ0n) is 12.1. The highest BCUT2D eigenvalue weighted by molar-refractivity contribution is 4.34. The van der Waals surface area contributed by atoms with Crippen LogP contribution in [-0.4, -0.2) is 59.6 Å². The van der Waals surface area contributed by atoms with E-state index >= 15 is 0 Å². The van der Waals surface area contributed by atoms with E-state index in [4.69, 9.17) is 25.2 Å². The summed E-state index contributed by atoms with van der Waals surface area (Å²) in [5, 5.41) is 31.3. The average molecular weight is 268 g/mol. The minimum Gasteiger partial charge on any atom is -0.394 e. The van der Waals surface area contributed by atoms with Gasteiger partial charge in [0.2, 0.25) is 0 Å². The fourth-order valence-corrected chi connectivity index (χ4v) is 0.204. The third kappa shape index (κ3) is 170. The van der Waals surface area contributed by atoms with Gasteiger partial charge in [-0.15, -0.1) is 26.3 Å². The Balaban J connectivity index is -0.0000000414. The Morgan fingerprint density at radius 3 is 1.11 bits per heavy atom. The monoisotopic (exact) mass is 268 g/mol. The Morgan fingerprint density at radius 1 is 0.889 bits per heavy atom. The smallest absolute Gasteiger partial charge is 0.0742 e. The first kappa shape index (κ1) is 30.4. The number of rotatable bonds is 4. The van der Waals surface area contributed by atoms with Gasteiger partial charge in [-0.25, -0.2) is 0 Å². The molecule has 0 aliphatic heterocycles. The third-order valence-electron chi connectivity index (χ3n) is 0.772. The number of ether oxygens (including phenoxy) is 1. The summed E-state index contributed by atoms with van der Waals surface area (Å²) in [6, 6.07) is 0. The van der Waals surface area contributed by atoms with Crippen LogP contribution in [0.25, 0.3) is 0 Å². The van der Waals surface area contributed by atoms with Crippen LogP contribution in [0.1, 0.15) is 20.8 Å². The minimum atomic E-state index is -0.560. The standard InChI is InChI=1S/C4H10O.C3H8O2.C2H6O2.2C2H4/c1-3-5-4-2;1-3(5)2-4;3-1-2-4;2*1-2/h3-4H2,1-2H3;3-5H,2H2,1H3;3-4H,1-2H2;2*1-2H2. The molecule has 0 aliphatic rings. The summed E-state index contributed by atoms with van der Waals surface area (Å²) in [4.78, 5) is 0. The number of hydrogen-bond acceptors (Lipinski definition) is 5. The lowest BCUT2D eigenvalue weighted by molar-refractivity contribution is 0.110. The summed E-state index contributed by atoms with van der Waals surface area (Å²) in [6.45, 7) is 18.8. The van der Waals surface area contributed by atoms with Crippen LogP contribution in [0.15, 0.2) is 26.3 Å². The van der Waals surface area contributed by atoms with Crippen LogP contribution < -0.4 is 0 Å². The number of hydrogen-bond donors (Lipinski definition) is 4. The van der Waals surface area contributed by atoms with E-state index in [1.165, 1.54) is 6.92 Å². The highest BCUT2D eigenvalue weighted by Crippen LogP contribution is 1.68. The minimum absolute atomic E-state index is 0.125. The van der Waals surface area contributed by atoms with Crippen LogP contribution in [0.4, 0.5) is 0 Å². The highest BCUT2D eigenvalue weighted by Gasteiger charge is 1.83. The summed E-state index contributed by atoms with van der Waals surface area (Å²) in [5.41, 5.74) is 0. The summed E-state index contributed by atoms with van der Waals surface area (Å²) in [7, 11) is 0. The van der Waals surface area contributed by atoms with Gasteiger partial charge < -0.3 is 25.2 Å². The van der Waals surface area contributed by atoms with Crippen LogP contribution in [0.2, 0.25) is 0 Å². The van der Waals surface area contributed by atoms with Crippen molar-refractivity contribution < 1.29 is 25.2 Å². The zero-order valence-corrected chi connectivity index (χ0v) is 12.1. The molecule has 1 unspecified atom stereocenters. The molecule has 0 aromatic rings. The molecule has 114 valence electrons. The van der Waals surface area contributed by atoms with E-state index in [9.17, 15) is 0 Å². The molecule has 0 spiro atoms. The fraction of sp³-hybridized carbons (Fsp3) is 0.692. The molecule has 18 heavy (non-hydrogen) atoms. The molecule has 0 radical (unpaired) electrons. The quantitative estimate of drug-likeness (QED) is 0.571. The van der Waals surface area contributed by atoms with E-state index in [-0.39, 0.29) is 19.8 Å². The van der Waals surface area contributed by atoms with E-state index in [1.54, 1.807) is 0 Å². The van der Waals surface area contributed by atoms with Crippen molar-refractivity contribution in [1.29, 1.82) is 0 Å². The van der Waals surface area contributed by atoms with Gasteiger partial charge in [0.1, 0.15) is 0 Å². The number of aliphatic hydroxyl groups is 4. The van der Waals surface area contributed by atoms with E-state index in [0.717, 1.165) is 13.2 Å². The first-order valence-electron chi connectivity index (χ1n) is 5.68. The molecule has 0 amide bonds. The van der Waals surface area contributed by atoms with Gasteiger partial charge in [0, 0.05) is 13.2 Å². The summed E-state index contributed by atoms with van der Waals surface area (Å²) in [5.74, 6) is 0. The maximum Gasteiger partial charge on any atom is 0.0742 e. The van der Waals surface area contributed by atoms with E-state index in [1.807, 2.05) is 13.8 Å². The first-order chi connectivity index (χ1) is 8.60. The molecule has 0 heterocycles. The van der Waals surface area contributed by atoms with Gasteiger partial charge >= 0.3 is 0 Å². The van der Waals surface area contributed by atoms with Crippen LogP contribution in [0, 0.1) is 0 Å². The first-order valence-corrected chi connectivity index (χ1v) is 5.68. The predicted octanol–water partition coefficient (Wildman–Crippen LogP) is 0.978. The van der Waals surface area contributed by atoms with Crippen LogP contribution in [0.5, 0.6) is 0 Å². The van der Waals surface area contributed by atoms with Gasteiger partial charge in [-0.1, -0.05) is 0 Å². The van der Waals surface area contributed by atoms with Crippen LogP contribution in [-0.2, 0) is 4.74 Å². The second kappa shape index (κ2) is 55.4. The van der Waals surface area contributed by atoms with Crippen molar-refractivity contribution in [3.8, 4) is 0 Å². The summed E-state index contributed by atoms with van der Waals surface area (Å²) >= 11 is 0. The maximum atomic E-state index is 8.11. The van der Waals surface area contributed by atoms with E-state index in [0.29, 0.717) is 0 Å². The summed E-state index contributed by atoms with van der Waals surface area (Å²) < 4.78 is 4.83. The maximum absolute atomic E-state index is 8.11. The normalized spacial score (nSPS) is 8.61. The van der Waals surface area contributed by atoms with Gasteiger partial charge in [-0.05, 0) is 20.8 Å². The van der Waals surface area contributed by atoms with Crippen molar-refractivity contribution in [1.82, 2.24) is 0 Å². The van der Waals surface area contributed by atoms with E-state index in [2.05, 4.69) is 26.3 Å². The molecule has 5 nitrogen and oxygen atoms in total. The largest absolute Gasteiger partial charge is 0.394 e. The van der Waals surface area contributed by atoms with E-state index < -0.39 is 6.10 Å². The topological polar surface area (TPSA) is 90.2 Å². The Hall–Kier alpha value is -0.720. The Bertz CT molecular complexity index is 83.5. The summed E-state index contributed by atoms with van der Waals surface area (Å²) in [6.07, 6.45) is -0.560.